The molecule has 0 bridgehead atoms. The van der Waals surface area contributed by atoms with E-state index in [2.05, 4.69) is 114 Å². The molecule has 0 aliphatic carbocycles. The maximum atomic E-state index is 13.1. The van der Waals surface area contributed by atoms with Crippen LogP contribution in [0, 0.1) is 23.7 Å². The lowest BCUT2D eigenvalue weighted by Gasteiger charge is -2.31. The number of benzene rings is 4. The van der Waals surface area contributed by atoms with E-state index in [1.807, 2.05) is 78.9 Å². The van der Waals surface area contributed by atoms with Crippen molar-refractivity contribution in [2.75, 3.05) is 52.6 Å². The van der Waals surface area contributed by atoms with Gasteiger partial charge < -0.3 is 63.8 Å². The number of fused-ring (bicyclic) bond motifs is 4. The zero-order valence-corrected chi connectivity index (χ0v) is 51.8. The predicted molar refractivity (Wildman–Crippen MR) is 323 cm³/mol. The van der Waals surface area contributed by atoms with Crippen molar-refractivity contribution in [3.05, 3.63) is 140 Å². The highest BCUT2D eigenvalue weighted by Gasteiger charge is 2.45. The van der Waals surface area contributed by atoms with Gasteiger partial charge in [-0.3, -0.25) is 9.80 Å². The van der Waals surface area contributed by atoms with Crippen molar-refractivity contribution in [2.45, 2.75) is 127 Å². The Morgan fingerprint density at radius 2 is 1.04 bits per heavy atom. The fourth-order valence-corrected chi connectivity index (χ4v) is 13.6. The number of furan rings is 2. The van der Waals surface area contributed by atoms with E-state index in [1.165, 1.54) is 0 Å². The number of alkyl carbamates (subject to hydrolysis) is 2. The van der Waals surface area contributed by atoms with Crippen molar-refractivity contribution < 1.29 is 57.1 Å². The number of nitrogens with zero attached hydrogens (tertiary/aromatic N) is 2. The molecule has 17 nitrogen and oxygen atoms in total. The van der Waals surface area contributed by atoms with Gasteiger partial charge in [0.15, 0.2) is 21.9 Å². The van der Waals surface area contributed by atoms with E-state index in [4.69, 9.17) is 43.0 Å². The van der Waals surface area contributed by atoms with Gasteiger partial charge in [0.05, 0.1) is 62.6 Å². The maximum absolute atomic E-state index is 13.1. The minimum Gasteiger partial charge on any atom is -0.449 e. The van der Waals surface area contributed by atoms with Gasteiger partial charge in [0.1, 0.15) is 23.4 Å². The topological polar surface area (TPSA) is 213 Å². The van der Waals surface area contributed by atoms with Crippen LogP contribution in [0.2, 0.25) is 0 Å². The molecule has 2 amide bonds. The third kappa shape index (κ3) is 16.5. The van der Waals surface area contributed by atoms with Crippen LogP contribution in [0.4, 0.5) is 9.59 Å². The molecule has 0 radical (unpaired) electrons. The second kappa shape index (κ2) is 29.6. The highest BCUT2D eigenvalue weighted by molar-refractivity contribution is 9.10. The number of hydrogen-bond acceptors (Lipinski definition) is 15. The van der Waals surface area contributed by atoms with Crippen molar-refractivity contribution in [3.8, 4) is 0 Å². The highest BCUT2D eigenvalue weighted by Crippen LogP contribution is 2.36. The molecule has 0 saturated carbocycles. The molecule has 444 valence electrons. The number of nitrogens with one attached hydrogen (secondary N) is 2. The fourth-order valence-electron chi connectivity index (χ4n) is 11.6. The summed E-state index contributed by atoms with van der Waals surface area (Å²) >= 11 is 10.5. The minimum atomic E-state index is -0.838. The molecular weight excluding hydrogens is 1250 g/mol. The Labute approximate surface area is 505 Å². The van der Waals surface area contributed by atoms with Gasteiger partial charge in [0.25, 0.3) is 0 Å². The standard InChI is InChI=1S/C31H38Br2N2O6.C31H40BrN3O6/c1-19(2)15-35(16-21-8-9-27-23(12-21)24(14-32)29(33)40-27)17-26(36)25(13-20-6-4-3-5-7-20)34-31(37)41-28-18-39-30-22(28)10-11-38-30;1-19(2)15-35(16-21-8-9-27-23(12-21)24(14-33)29(32)40-27)17-26(36)25(13-20-6-4-3-5-7-20)34-31(37)41-28-18-39-30-22(28)10-11-38-30/h3-9,12,19,22,25-26,28,30,36H,10-11,13-18H2,1-2H3,(H,34,37);3-9,12,19,22,25-26,28,30,36H,10-11,13-18,33H2,1-2H3,(H,34,37)/t2*22-,25-,26+,28-,30+/m00/s1. The molecule has 4 fully saturated rings. The van der Waals surface area contributed by atoms with E-state index in [1.54, 1.807) is 0 Å². The number of hydrogen-bond donors (Lipinski definition) is 5. The van der Waals surface area contributed by atoms with Crippen molar-refractivity contribution in [1.82, 2.24) is 20.4 Å². The smallest absolute Gasteiger partial charge is 0.407 e. The Morgan fingerprint density at radius 1 is 0.610 bits per heavy atom. The molecule has 6 N–H and O–H groups in total. The molecule has 6 aromatic rings. The number of aliphatic hydroxyl groups is 2. The molecule has 4 aliphatic rings. The molecule has 20 heteroatoms. The largest absolute Gasteiger partial charge is 0.449 e. The van der Waals surface area contributed by atoms with Gasteiger partial charge >= 0.3 is 12.2 Å². The SMILES string of the molecule is CC(C)CN(Cc1ccc2oc(Br)c(CBr)c2c1)C[C@@H](O)[C@H](Cc1ccccc1)NC(=O)O[C@H]1CO[C@H]2OCC[C@H]21.CC(C)CN(Cc1ccc2oc(Br)c(CN)c2c1)C[C@@H](O)[C@H](Cc1ccccc1)NC(=O)O[C@H]1CO[C@H]2OCC[C@H]21. The van der Waals surface area contributed by atoms with E-state index in [0.717, 1.165) is 85.9 Å². The van der Waals surface area contributed by atoms with Crippen LogP contribution >= 0.6 is 47.8 Å². The molecule has 10 atom stereocenters. The summed E-state index contributed by atoms with van der Waals surface area (Å²) in [6.45, 7) is 14.5. The minimum absolute atomic E-state index is 0.0488. The molecule has 4 aliphatic heterocycles. The van der Waals surface area contributed by atoms with Crippen molar-refractivity contribution in [1.29, 1.82) is 0 Å². The quantitative estimate of drug-likeness (QED) is 0.0357. The van der Waals surface area contributed by atoms with Crippen LogP contribution in [0.1, 0.15) is 73.9 Å². The lowest BCUT2D eigenvalue weighted by atomic mass is 10.00. The lowest BCUT2D eigenvalue weighted by Crippen LogP contribution is -2.50. The van der Waals surface area contributed by atoms with Crippen LogP contribution in [-0.2, 0) is 66.2 Å². The number of rotatable bonds is 24. The summed E-state index contributed by atoms with van der Waals surface area (Å²) in [4.78, 5) is 30.6. The van der Waals surface area contributed by atoms with Crippen LogP contribution in [0.25, 0.3) is 21.9 Å². The molecule has 6 heterocycles. The number of nitrogens with two attached hydrogens (primary N) is 1. The number of halogens is 3. The summed E-state index contributed by atoms with van der Waals surface area (Å²) < 4.78 is 46.9. The zero-order chi connectivity index (χ0) is 57.9. The molecule has 4 aromatic carbocycles. The summed E-state index contributed by atoms with van der Waals surface area (Å²) in [6, 6.07) is 31.0. The van der Waals surface area contributed by atoms with Crippen molar-refractivity contribution in [2.24, 2.45) is 29.4 Å². The number of aliphatic hydroxyl groups excluding tert-OH is 2. The third-order valence-electron chi connectivity index (χ3n) is 15.5. The molecule has 82 heavy (non-hydrogen) atoms. The van der Waals surface area contributed by atoms with E-state index in [9.17, 15) is 19.8 Å². The molecule has 0 spiro atoms. The first kappa shape index (κ1) is 62.1. The first-order valence-electron chi connectivity index (χ1n) is 28.6. The molecule has 2 aromatic heterocycles. The van der Waals surface area contributed by atoms with Crippen LogP contribution in [0.5, 0.6) is 0 Å². The van der Waals surface area contributed by atoms with Crippen molar-refractivity contribution in [3.63, 3.8) is 0 Å². The lowest BCUT2D eigenvalue weighted by molar-refractivity contribution is -0.0909. The second-order valence-corrected chi connectivity index (χ2v) is 24.8. The van der Waals surface area contributed by atoms with Crippen LogP contribution in [0.15, 0.2) is 115 Å². The number of alkyl halides is 1. The molecule has 0 unspecified atom stereocenters. The van der Waals surface area contributed by atoms with Gasteiger partial charge in [-0.1, -0.05) is 116 Å². The first-order valence-corrected chi connectivity index (χ1v) is 31.3. The summed E-state index contributed by atoms with van der Waals surface area (Å²) in [5, 5.41) is 31.8. The third-order valence-corrected chi connectivity index (χ3v) is 17.4. The normalized spacial score (nSPS) is 21.9. The Kier molecular flexibility index (Phi) is 22.4. The molecule has 4 saturated heterocycles. The number of amides is 2. The van der Waals surface area contributed by atoms with Crippen LogP contribution < -0.4 is 16.4 Å². The summed E-state index contributed by atoms with van der Waals surface area (Å²) in [6.07, 6.45) is -1.50. The Balaban J connectivity index is 0.000000198. The Bertz CT molecular complexity index is 2800. The van der Waals surface area contributed by atoms with Gasteiger partial charge in [-0.05, 0) is 116 Å². The average Bonchev–Trinajstić information content (AvgIpc) is 4.52. The second-order valence-electron chi connectivity index (χ2n) is 22.8. The average molecular weight is 1330 g/mol. The number of carbonyl (C=O) groups excluding carboxylic acids is 2. The van der Waals surface area contributed by atoms with Gasteiger partial charge in [0, 0.05) is 73.0 Å². The van der Waals surface area contributed by atoms with Gasteiger partial charge in [-0.25, -0.2) is 9.59 Å². The van der Waals surface area contributed by atoms with Crippen molar-refractivity contribution >= 4 is 81.9 Å². The summed E-state index contributed by atoms with van der Waals surface area (Å²) in [5.41, 5.74) is 13.9. The van der Waals surface area contributed by atoms with E-state index >= 15 is 0 Å². The summed E-state index contributed by atoms with van der Waals surface area (Å²) in [5.74, 6) is 0.871. The zero-order valence-electron chi connectivity index (χ0n) is 47.1. The maximum Gasteiger partial charge on any atom is 0.407 e. The van der Waals surface area contributed by atoms with E-state index in [-0.39, 0.29) is 36.6 Å². The Hall–Kier alpha value is -4.42. The first-order chi connectivity index (χ1) is 39.6. The predicted octanol–water partition coefficient (Wildman–Crippen LogP) is 10.6. The van der Waals surface area contributed by atoms with E-state index in [0.29, 0.717) is 93.8 Å². The fraction of sp³-hybridized carbons (Fsp3) is 0.516. The monoisotopic (exact) mass is 1320 g/mol. The number of carbonyl (C=O) groups is 2. The molecular formula is C62H78Br3N5O12. The van der Waals surface area contributed by atoms with Gasteiger partial charge in [-0.2, -0.15) is 0 Å². The number of ether oxygens (including phenoxy) is 6. The molecule has 10 rings (SSSR count). The van der Waals surface area contributed by atoms with E-state index < -0.39 is 36.5 Å². The Morgan fingerprint density at radius 3 is 1.45 bits per heavy atom. The van der Waals surface area contributed by atoms with Crippen LogP contribution in [0.3, 0.4) is 0 Å². The van der Waals surface area contributed by atoms with Gasteiger partial charge in [0.2, 0.25) is 0 Å². The van der Waals surface area contributed by atoms with Gasteiger partial charge in [-0.15, -0.1) is 0 Å². The van der Waals surface area contributed by atoms with Crippen LogP contribution in [-0.4, -0.2) is 134 Å². The highest BCUT2D eigenvalue weighted by atomic mass is 79.9. The summed E-state index contributed by atoms with van der Waals surface area (Å²) in [7, 11) is 0.